The van der Waals surface area contributed by atoms with E-state index < -0.39 is 0 Å². The van der Waals surface area contributed by atoms with Gasteiger partial charge in [0.25, 0.3) is 5.91 Å². The first-order valence-electron chi connectivity index (χ1n) is 6.15. The van der Waals surface area contributed by atoms with Crippen LogP contribution in [0.25, 0.3) is 10.8 Å². The highest BCUT2D eigenvalue weighted by Gasteiger charge is 2.11. The highest BCUT2D eigenvalue weighted by atomic mass is 35.5. The van der Waals surface area contributed by atoms with Crippen molar-refractivity contribution in [1.29, 1.82) is 0 Å². The summed E-state index contributed by atoms with van der Waals surface area (Å²) in [6.45, 7) is 0. The van der Waals surface area contributed by atoms with E-state index in [1.54, 1.807) is 30.5 Å². The molecule has 98 valence electrons. The summed E-state index contributed by atoms with van der Waals surface area (Å²) in [6.07, 6.45) is 1.63. The summed E-state index contributed by atoms with van der Waals surface area (Å²) in [5.41, 5.74) is 1.06. The van der Waals surface area contributed by atoms with Gasteiger partial charge in [-0.25, -0.2) is 0 Å². The molecular formula is C16H11ClN2O. The van der Waals surface area contributed by atoms with E-state index in [1.807, 2.05) is 30.3 Å². The van der Waals surface area contributed by atoms with E-state index in [4.69, 9.17) is 11.6 Å². The Kier molecular flexibility index (Phi) is 3.35. The highest BCUT2D eigenvalue weighted by Crippen LogP contribution is 2.19. The number of amides is 1. The number of carbonyl (C=O) groups excluding carboxylic acids is 1. The molecule has 3 nitrogen and oxygen atoms in total. The molecule has 0 aliphatic carbocycles. The minimum atomic E-state index is -0.246. The summed E-state index contributed by atoms with van der Waals surface area (Å²) < 4.78 is 0. The Hall–Kier alpha value is -2.39. The number of benzene rings is 2. The number of carbonyl (C=O) groups is 1. The third-order valence-electron chi connectivity index (χ3n) is 2.97. The molecule has 0 saturated carbocycles. The third kappa shape index (κ3) is 2.49. The van der Waals surface area contributed by atoms with Crippen LogP contribution in [0.1, 0.15) is 10.5 Å². The molecule has 0 saturated heterocycles. The molecule has 1 N–H and O–H groups in total. The molecule has 1 heterocycles. The Balaban J connectivity index is 1.97. The summed E-state index contributed by atoms with van der Waals surface area (Å²) >= 11 is 5.90. The topological polar surface area (TPSA) is 42.0 Å². The van der Waals surface area contributed by atoms with Crippen LogP contribution in [0, 0.1) is 0 Å². The maximum Gasteiger partial charge on any atom is 0.274 e. The summed E-state index contributed by atoms with van der Waals surface area (Å²) in [7, 11) is 0. The van der Waals surface area contributed by atoms with Gasteiger partial charge in [-0.05, 0) is 29.7 Å². The second kappa shape index (κ2) is 5.31. The largest absolute Gasteiger partial charge is 0.321 e. The van der Waals surface area contributed by atoms with Crippen molar-refractivity contribution < 1.29 is 4.79 Å². The average Bonchev–Trinajstić information content (AvgIpc) is 2.46. The zero-order chi connectivity index (χ0) is 13.9. The summed E-state index contributed by atoms with van der Waals surface area (Å²) in [5.74, 6) is -0.246. The second-order valence-corrected chi connectivity index (χ2v) is 4.78. The molecule has 4 heteroatoms. The van der Waals surface area contributed by atoms with Crippen molar-refractivity contribution in [2.24, 2.45) is 0 Å². The smallest absolute Gasteiger partial charge is 0.274 e. The number of pyridine rings is 1. The van der Waals surface area contributed by atoms with Crippen LogP contribution < -0.4 is 5.32 Å². The number of nitrogens with one attached hydrogen (secondary N) is 1. The summed E-state index contributed by atoms with van der Waals surface area (Å²) in [5, 5.41) is 5.20. The van der Waals surface area contributed by atoms with Gasteiger partial charge >= 0.3 is 0 Å². The van der Waals surface area contributed by atoms with E-state index in [-0.39, 0.29) is 5.91 Å². The zero-order valence-corrected chi connectivity index (χ0v) is 11.3. The fraction of sp³-hybridized carbons (Fsp3) is 0. The van der Waals surface area contributed by atoms with E-state index in [0.29, 0.717) is 16.4 Å². The molecule has 0 fully saturated rings. The van der Waals surface area contributed by atoms with E-state index in [0.717, 1.165) is 10.8 Å². The lowest BCUT2D eigenvalue weighted by atomic mass is 10.1. The number of halogens is 1. The summed E-state index contributed by atoms with van der Waals surface area (Å²) in [4.78, 5) is 16.5. The van der Waals surface area contributed by atoms with E-state index in [1.165, 1.54) is 0 Å². The van der Waals surface area contributed by atoms with Crippen LogP contribution in [0.3, 0.4) is 0 Å². The lowest BCUT2D eigenvalue weighted by molar-refractivity contribution is 0.102. The molecule has 0 aliphatic rings. The Morgan fingerprint density at radius 1 is 1.05 bits per heavy atom. The Morgan fingerprint density at radius 3 is 2.75 bits per heavy atom. The number of rotatable bonds is 2. The van der Waals surface area contributed by atoms with Crippen LogP contribution in [-0.4, -0.2) is 10.9 Å². The van der Waals surface area contributed by atoms with Gasteiger partial charge in [0, 0.05) is 22.3 Å². The van der Waals surface area contributed by atoms with Crippen LogP contribution in [0.5, 0.6) is 0 Å². The molecule has 0 atom stereocenters. The maximum atomic E-state index is 12.3. The monoisotopic (exact) mass is 282 g/mol. The predicted molar refractivity (Wildman–Crippen MR) is 81.1 cm³/mol. The van der Waals surface area contributed by atoms with Crippen molar-refractivity contribution in [3.8, 4) is 0 Å². The minimum absolute atomic E-state index is 0.246. The molecule has 0 unspecified atom stereocenters. The van der Waals surface area contributed by atoms with Crippen molar-refractivity contribution in [1.82, 2.24) is 4.98 Å². The van der Waals surface area contributed by atoms with Crippen molar-refractivity contribution in [2.75, 3.05) is 5.32 Å². The molecule has 20 heavy (non-hydrogen) atoms. The molecule has 1 amide bonds. The molecule has 0 aliphatic heterocycles. The number of fused-ring (bicyclic) bond motifs is 1. The van der Waals surface area contributed by atoms with Crippen molar-refractivity contribution in [2.45, 2.75) is 0 Å². The molecule has 2 aromatic carbocycles. The average molecular weight is 283 g/mol. The van der Waals surface area contributed by atoms with Gasteiger partial charge in [-0.1, -0.05) is 41.9 Å². The first-order chi connectivity index (χ1) is 9.74. The van der Waals surface area contributed by atoms with Gasteiger partial charge in [0.15, 0.2) is 0 Å². The van der Waals surface area contributed by atoms with Crippen LogP contribution in [-0.2, 0) is 0 Å². The van der Waals surface area contributed by atoms with Crippen molar-refractivity contribution in [3.63, 3.8) is 0 Å². The molecule has 0 bridgehead atoms. The van der Waals surface area contributed by atoms with Gasteiger partial charge in [0.05, 0.1) is 0 Å². The fourth-order valence-electron chi connectivity index (χ4n) is 2.06. The molecule has 3 aromatic rings. The first kappa shape index (κ1) is 12.6. The lowest BCUT2D eigenvalue weighted by Crippen LogP contribution is -2.14. The molecular weight excluding hydrogens is 272 g/mol. The van der Waals surface area contributed by atoms with E-state index in [2.05, 4.69) is 10.3 Å². The third-order valence-corrected chi connectivity index (χ3v) is 3.21. The number of nitrogens with zero attached hydrogens (tertiary/aromatic N) is 1. The fourth-order valence-corrected chi connectivity index (χ4v) is 2.25. The van der Waals surface area contributed by atoms with Gasteiger partial charge in [0.2, 0.25) is 0 Å². The lowest BCUT2D eigenvalue weighted by Gasteiger charge is -2.07. The second-order valence-electron chi connectivity index (χ2n) is 4.35. The molecule has 1 aromatic heterocycles. The van der Waals surface area contributed by atoms with Gasteiger partial charge in [-0.15, -0.1) is 0 Å². The van der Waals surface area contributed by atoms with Crippen molar-refractivity contribution >= 4 is 34.0 Å². The first-order valence-corrected chi connectivity index (χ1v) is 6.52. The quantitative estimate of drug-likeness (QED) is 0.767. The van der Waals surface area contributed by atoms with Crippen LogP contribution in [0.15, 0.2) is 60.8 Å². The SMILES string of the molecule is O=C(Nc1cccc(Cl)c1)c1nccc2ccccc12. The number of anilines is 1. The molecule has 0 radical (unpaired) electrons. The van der Waals surface area contributed by atoms with Crippen molar-refractivity contribution in [3.05, 3.63) is 71.5 Å². The normalized spacial score (nSPS) is 10.4. The van der Waals surface area contributed by atoms with E-state index in [9.17, 15) is 4.79 Å². The predicted octanol–water partition coefficient (Wildman–Crippen LogP) is 4.14. The highest BCUT2D eigenvalue weighted by molar-refractivity contribution is 6.31. The van der Waals surface area contributed by atoms with Gasteiger partial charge in [-0.3, -0.25) is 9.78 Å². The molecule has 3 rings (SSSR count). The minimum Gasteiger partial charge on any atom is -0.321 e. The van der Waals surface area contributed by atoms with Gasteiger partial charge in [0.1, 0.15) is 5.69 Å². The van der Waals surface area contributed by atoms with Crippen LogP contribution >= 0.6 is 11.6 Å². The Morgan fingerprint density at radius 2 is 1.90 bits per heavy atom. The Bertz CT molecular complexity index is 781. The van der Waals surface area contributed by atoms with Gasteiger partial charge < -0.3 is 5.32 Å². The van der Waals surface area contributed by atoms with Gasteiger partial charge in [-0.2, -0.15) is 0 Å². The zero-order valence-electron chi connectivity index (χ0n) is 10.5. The van der Waals surface area contributed by atoms with Crippen LogP contribution in [0.2, 0.25) is 5.02 Å². The van der Waals surface area contributed by atoms with E-state index >= 15 is 0 Å². The maximum absolute atomic E-state index is 12.3. The Labute approximate surface area is 121 Å². The number of hydrogen-bond acceptors (Lipinski definition) is 2. The molecule has 0 spiro atoms. The standard InChI is InChI=1S/C16H11ClN2O/c17-12-5-3-6-13(10-12)19-16(20)15-14-7-2-1-4-11(14)8-9-18-15/h1-10H,(H,19,20). The number of aromatic nitrogens is 1. The van der Waals surface area contributed by atoms with Crippen LogP contribution in [0.4, 0.5) is 5.69 Å². The number of hydrogen-bond donors (Lipinski definition) is 1. The summed E-state index contributed by atoms with van der Waals surface area (Å²) in [6, 6.07) is 16.6.